The fourth-order valence-electron chi connectivity index (χ4n) is 3.24. The Bertz CT molecular complexity index is 315. The van der Waals surface area contributed by atoms with Crippen LogP contribution in [0.25, 0.3) is 0 Å². The second-order valence-electron chi connectivity index (χ2n) is 6.00. The molecule has 5 heteroatoms. The number of hydrogen-bond acceptors (Lipinski definition) is 4. The van der Waals surface area contributed by atoms with E-state index in [0.717, 1.165) is 25.9 Å². The highest BCUT2D eigenvalue weighted by molar-refractivity contribution is 5.68. The van der Waals surface area contributed by atoms with E-state index >= 15 is 0 Å². The van der Waals surface area contributed by atoms with Gasteiger partial charge in [0, 0.05) is 25.2 Å². The van der Waals surface area contributed by atoms with Crippen molar-refractivity contribution in [3.8, 4) is 0 Å². The Hall–Kier alpha value is -0.650. The Morgan fingerprint density at radius 3 is 2.63 bits per heavy atom. The summed E-state index contributed by atoms with van der Waals surface area (Å²) in [6, 6.07) is 0. The van der Waals surface area contributed by atoms with E-state index in [0.29, 0.717) is 25.7 Å². The molecule has 2 fully saturated rings. The number of morpholine rings is 1. The zero-order valence-electron chi connectivity index (χ0n) is 11.9. The van der Waals surface area contributed by atoms with Gasteiger partial charge in [-0.1, -0.05) is 13.8 Å². The second kappa shape index (κ2) is 6.20. The summed E-state index contributed by atoms with van der Waals surface area (Å²) in [4.78, 5) is 13.6. The van der Waals surface area contributed by atoms with Crippen LogP contribution >= 0.6 is 0 Å². The first-order chi connectivity index (χ1) is 9.03. The van der Waals surface area contributed by atoms with Crippen molar-refractivity contribution >= 4 is 5.97 Å². The molecule has 0 bridgehead atoms. The molecule has 2 aliphatic rings. The molecule has 0 amide bonds. The first-order valence-electron chi connectivity index (χ1n) is 7.20. The van der Waals surface area contributed by atoms with Crippen LogP contribution in [0.2, 0.25) is 0 Å². The third kappa shape index (κ3) is 3.46. The van der Waals surface area contributed by atoms with Crippen molar-refractivity contribution in [2.24, 2.45) is 5.92 Å². The minimum Gasteiger partial charge on any atom is -0.481 e. The summed E-state index contributed by atoms with van der Waals surface area (Å²) < 4.78 is 11.2. The molecule has 2 unspecified atom stereocenters. The van der Waals surface area contributed by atoms with Crippen molar-refractivity contribution in [1.82, 2.24) is 4.90 Å². The third-order valence-corrected chi connectivity index (χ3v) is 4.39. The highest BCUT2D eigenvalue weighted by Crippen LogP contribution is 2.36. The molecule has 2 saturated heterocycles. The first kappa shape index (κ1) is 14.8. The molecule has 0 saturated carbocycles. The zero-order chi connectivity index (χ0) is 13.9. The average molecular weight is 271 g/mol. The van der Waals surface area contributed by atoms with Gasteiger partial charge in [-0.15, -0.1) is 0 Å². The van der Waals surface area contributed by atoms with E-state index in [1.54, 1.807) is 0 Å². The normalized spacial score (nSPS) is 33.5. The average Bonchev–Trinajstić information content (AvgIpc) is 2.39. The first-order valence-corrected chi connectivity index (χ1v) is 7.20. The van der Waals surface area contributed by atoms with Gasteiger partial charge in [-0.05, 0) is 18.8 Å². The van der Waals surface area contributed by atoms with Crippen LogP contribution < -0.4 is 0 Å². The molecule has 19 heavy (non-hydrogen) atoms. The lowest BCUT2D eigenvalue weighted by Crippen LogP contribution is -2.59. The van der Waals surface area contributed by atoms with Gasteiger partial charge < -0.3 is 14.6 Å². The summed E-state index contributed by atoms with van der Waals surface area (Å²) >= 11 is 0. The van der Waals surface area contributed by atoms with Crippen LogP contribution in [0.1, 0.15) is 33.1 Å². The number of carboxylic acids is 1. The Kier molecular flexibility index (Phi) is 4.81. The summed E-state index contributed by atoms with van der Waals surface area (Å²) in [6.45, 7) is 8.01. The van der Waals surface area contributed by atoms with Gasteiger partial charge in [0.25, 0.3) is 0 Å². The topological polar surface area (TPSA) is 59.0 Å². The van der Waals surface area contributed by atoms with Gasteiger partial charge in [-0.2, -0.15) is 0 Å². The predicted octanol–water partition coefficient (Wildman–Crippen LogP) is 1.37. The summed E-state index contributed by atoms with van der Waals surface area (Å²) in [6.07, 6.45) is 2.00. The zero-order valence-corrected chi connectivity index (χ0v) is 11.9. The van der Waals surface area contributed by atoms with Gasteiger partial charge in [0.1, 0.15) is 0 Å². The van der Waals surface area contributed by atoms with Crippen molar-refractivity contribution in [3.05, 3.63) is 0 Å². The molecule has 2 heterocycles. The van der Waals surface area contributed by atoms with Crippen LogP contribution in [0, 0.1) is 5.92 Å². The summed E-state index contributed by atoms with van der Waals surface area (Å²) in [7, 11) is 0. The monoisotopic (exact) mass is 271 g/mol. The Labute approximate surface area is 114 Å². The number of carboxylic acid groups (broad SMARTS) is 1. The van der Waals surface area contributed by atoms with E-state index in [1.807, 2.05) is 0 Å². The second-order valence-corrected chi connectivity index (χ2v) is 6.00. The molecule has 0 aliphatic carbocycles. The predicted molar refractivity (Wildman–Crippen MR) is 71.2 cm³/mol. The maximum atomic E-state index is 11.3. The molecule has 5 nitrogen and oxygen atoms in total. The molecule has 2 rings (SSSR count). The molecule has 0 spiro atoms. The molecular weight excluding hydrogens is 246 g/mol. The molecule has 0 aromatic heterocycles. The molecular formula is C14H25NO4. The molecule has 0 aromatic carbocycles. The lowest BCUT2D eigenvalue weighted by atomic mass is 9.79. The highest BCUT2D eigenvalue weighted by atomic mass is 16.5. The number of carbonyl (C=O) groups is 1. The van der Waals surface area contributed by atoms with E-state index in [4.69, 9.17) is 9.47 Å². The fraction of sp³-hybridized carbons (Fsp3) is 0.929. The van der Waals surface area contributed by atoms with E-state index in [9.17, 15) is 9.90 Å². The molecule has 2 atom stereocenters. The Morgan fingerprint density at radius 1 is 1.37 bits per heavy atom. The van der Waals surface area contributed by atoms with Crippen LogP contribution in [0.3, 0.4) is 0 Å². The molecule has 0 aromatic rings. The van der Waals surface area contributed by atoms with E-state index in [1.165, 1.54) is 0 Å². The Balaban J connectivity index is 2.15. The van der Waals surface area contributed by atoms with Gasteiger partial charge >= 0.3 is 5.97 Å². The quantitative estimate of drug-likeness (QED) is 0.837. The van der Waals surface area contributed by atoms with E-state index in [-0.39, 0.29) is 18.1 Å². The smallest absolute Gasteiger partial charge is 0.305 e. The Morgan fingerprint density at radius 2 is 2.05 bits per heavy atom. The lowest BCUT2D eigenvalue weighted by Gasteiger charge is -2.49. The van der Waals surface area contributed by atoms with Crippen molar-refractivity contribution < 1.29 is 19.4 Å². The van der Waals surface area contributed by atoms with Gasteiger partial charge in [0.2, 0.25) is 0 Å². The van der Waals surface area contributed by atoms with Crippen LogP contribution in [0.4, 0.5) is 0 Å². The minimum absolute atomic E-state index is 0.163. The van der Waals surface area contributed by atoms with Crippen LogP contribution in [0.15, 0.2) is 0 Å². The van der Waals surface area contributed by atoms with Gasteiger partial charge in [0.05, 0.1) is 25.7 Å². The molecule has 1 N–H and O–H groups in total. The van der Waals surface area contributed by atoms with Crippen molar-refractivity contribution in [2.75, 3.05) is 32.9 Å². The van der Waals surface area contributed by atoms with Crippen molar-refractivity contribution in [3.63, 3.8) is 0 Å². The molecule has 2 aliphatic heterocycles. The lowest BCUT2D eigenvalue weighted by molar-refractivity contribution is -0.150. The number of ether oxygens (including phenoxy) is 2. The number of hydrogen-bond donors (Lipinski definition) is 1. The summed E-state index contributed by atoms with van der Waals surface area (Å²) in [5, 5.41) is 9.29. The van der Waals surface area contributed by atoms with Crippen LogP contribution in [0.5, 0.6) is 0 Å². The standard InChI is InChI=1S/C14H25NO4/c1-11(2)12-9-14(3-6-19-12,10-13(16)17)15-4-7-18-8-5-15/h11-12H,3-10H2,1-2H3,(H,16,17). The third-order valence-electron chi connectivity index (χ3n) is 4.39. The number of nitrogens with zero attached hydrogens (tertiary/aromatic N) is 1. The van der Waals surface area contributed by atoms with Gasteiger partial charge in [-0.3, -0.25) is 9.69 Å². The minimum atomic E-state index is -0.712. The largest absolute Gasteiger partial charge is 0.481 e. The molecule has 110 valence electrons. The van der Waals surface area contributed by atoms with E-state index < -0.39 is 5.97 Å². The number of aliphatic carboxylic acids is 1. The van der Waals surface area contributed by atoms with Gasteiger partial charge in [0.15, 0.2) is 0 Å². The van der Waals surface area contributed by atoms with Crippen LogP contribution in [-0.4, -0.2) is 60.5 Å². The van der Waals surface area contributed by atoms with Crippen LogP contribution in [-0.2, 0) is 14.3 Å². The summed E-state index contributed by atoms with van der Waals surface area (Å²) in [5.41, 5.74) is -0.247. The maximum absolute atomic E-state index is 11.3. The SMILES string of the molecule is CC(C)C1CC(CC(=O)O)(N2CCOCC2)CCO1. The fourth-order valence-corrected chi connectivity index (χ4v) is 3.24. The number of rotatable bonds is 4. The van der Waals surface area contributed by atoms with E-state index in [2.05, 4.69) is 18.7 Å². The molecule has 0 radical (unpaired) electrons. The maximum Gasteiger partial charge on any atom is 0.305 e. The van der Waals surface area contributed by atoms with Gasteiger partial charge in [-0.25, -0.2) is 0 Å². The highest BCUT2D eigenvalue weighted by Gasteiger charge is 2.44. The van der Waals surface area contributed by atoms with Crippen molar-refractivity contribution in [1.29, 1.82) is 0 Å². The van der Waals surface area contributed by atoms with Crippen molar-refractivity contribution in [2.45, 2.75) is 44.8 Å². The summed E-state index contributed by atoms with van der Waals surface area (Å²) in [5.74, 6) is -0.287.